The van der Waals surface area contributed by atoms with Gasteiger partial charge >= 0.3 is 5.97 Å². The molecule has 6 nitrogen and oxygen atoms in total. The standard InChI is InChI=1S/C15H18N2O4/c1-3-17(9-13(16)18)15(21)12-8-11(5-4-10(12)2)6-7-14(19)20/h4-8H,3,9H2,1-2H3,(H2,16,18)(H,19,20)/b7-6+. The Bertz CT molecular complexity index is 593. The van der Waals surface area contributed by atoms with Gasteiger partial charge in [-0.25, -0.2) is 4.79 Å². The lowest BCUT2D eigenvalue weighted by atomic mass is 10.0. The van der Waals surface area contributed by atoms with E-state index in [4.69, 9.17) is 10.8 Å². The van der Waals surface area contributed by atoms with Crippen molar-refractivity contribution in [1.82, 2.24) is 4.90 Å². The minimum Gasteiger partial charge on any atom is -0.478 e. The summed E-state index contributed by atoms with van der Waals surface area (Å²) < 4.78 is 0. The van der Waals surface area contributed by atoms with Gasteiger partial charge in [0.25, 0.3) is 5.91 Å². The molecule has 0 aliphatic rings. The van der Waals surface area contributed by atoms with Crippen molar-refractivity contribution < 1.29 is 19.5 Å². The molecule has 2 amide bonds. The van der Waals surface area contributed by atoms with Gasteiger partial charge in [-0.1, -0.05) is 12.1 Å². The van der Waals surface area contributed by atoms with E-state index in [9.17, 15) is 14.4 Å². The van der Waals surface area contributed by atoms with Crippen molar-refractivity contribution in [3.63, 3.8) is 0 Å². The summed E-state index contributed by atoms with van der Waals surface area (Å²) in [6, 6.07) is 5.05. The van der Waals surface area contributed by atoms with E-state index in [1.165, 1.54) is 11.0 Å². The molecule has 0 saturated heterocycles. The van der Waals surface area contributed by atoms with Crippen molar-refractivity contribution >= 4 is 23.9 Å². The second-order valence-corrected chi connectivity index (χ2v) is 4.53. The molecular weight excluding hydrogens is 272 g/mol. The summed E-state index contributed by atoms with van der Waals surface area (Å²) in [5.74, 6) is -1.95. The monoisotopic (exact) mass is 290 g/mol. The van der Waals surface area contributed by atoms with Crippen LogP contribution in [0, 0.1) is 6.92 Å². The van der Waals surface area contributed by atoms with Gasteiger partial charge in [0.1, 0.15) is 0 Å². The first-order valence-corrected chi connectivity index (χ1v) is 6.44. The molecule has 0 unspecified atom stereocenters. The Balaban J connectivity index is 3.10. The number of nitrogens with two attached hydrogens (primary N) is 1. The zero-order valence-corrected chi connectivity index (χ0v) is 12.0. The molecule has 0 saturated carbocycles. The normalized spacial score (nSPS) is 10.6. The third-order valence-corrected chi connectivity index (χ3v) is 2.93. The number of carboxylic acids is 1. The Morgan fingerprint density at radius 3 is 2.52 bits per heavy atom. The molecule has 3 N–H and O–H groups in total. The number of primary amides is 1. The maximum Gasteiger partial charge on any atom is 0.328 e. The van der Waals surface area contributed by atoms with E-state index in [2.05, 4.69) is 0 Å². The fourth-order valence-electron chi connectivity index (χ4n) is 1.83. The summed E-state index contributed by atoms with van der Waals surface area (Å²) in [7, 11) is 0. The molecule has 0 fully saturated rings. The highest BCUT2D eigenvalue weighted by atomic mass is 16.4. The summed E-state index contributed by atoms with van der Waals surface area (Å²) in [4.78, 5) is 35.2. The van der Waals surface area contributed by atoms with Crippen LogP contribution in [0.4, 0.5) is 0 Å². The molecule has 0 aromatic heterocycles. The number of benzene rings is 1. The zero-order chi connectivity index (χ0) is 16.0. The molecule has 0 heterocycles. The average Bonchev–Trinajstić information content (AvgIpc) is 2.42. The molecular formula is C15H18N2O4. The Morgan fingerprint density at radius 1 is 1.33 bits per heavy atom. The number of hydrogen-bond donors (Lipinski definition) is 2. The largest absolute Gasteiger partial charge is 0.478 e. The number of nitrogens with zero attached hydrogens (tertiary/aromatic N) is 1. The van der Waals surface area contributed by atoms with Crippen LogP contribution in [-0.2, 0) is 9.59 Å². The Morgan fingerprint density at radius 2 is 2.00 bits per heavy atom. The molecule has 0 bridgehead atoms. The predicted molar refractivity (Wildman–Crippen MR) is 78.6 cm³/mol. The second-order valence-electron chi connectivity index (χ2n) is 4.53. The van der Waals surface area contributed by atoms with E-state index < -0.39 is 11.9 Å². The molecule has 0 spiro atoms. The number of aryl methyl sites for hydroxylation is 1. The smallest absolute Gasteiger partial charge is 0.328 e. The van der Waals surface area contributed by atoms with Crippen molar-refractivity contribution in [3.05, 3.63) is 41.0 Å². The van der Waals surface area contributed by atoms with Crippen molar-refractivity contribution in [3.8, 4) is 0 Å². The van der Waals surface area contributed by atoms with Gasteiger partial charge in [0.05, 0.1) is 6.54 Å². The quantitative estimate of drug-likeness (QED) is 0.764. The lowest BCUT2D eigenvalue weighted by molar-refractivity contribution is -0.131. The molecule has 1 aromatic carbocycles. The summed E-state index contributed by atoms with van der Waals surface area (Å²) in [6.07, 6.45) is 2.41. The van der Waals surface area contributed by atoms with Crippen LogP contribution in [0.2, 0.25) is 0 Å². The first kappa shape index (κ1) is 16.4. The number of carboxylic acid groups (broad SMARTS) is 1. The van der Waals surface area contributed by atoms with E-state index in [0.717, 1.165) is 11.6 Å². The van der Waals surface area contributed by atoms with Crippen LogP contribution in [0.1, 0.15) is 28.4 Å². The van der Waals surface area contributed by atoms with Gasteiger partial charge in [-0.3, -0.25) is 9.59 Å². The minimum absolute atomic E-state index is 0.149. The molecule has 0 aliphatic heterocycles. The highest BCUT2D eigenvalue weighted by Crippen LogP contribution is 2.15. The van der Waals surface area contributed by atoms with E-state index >= 15 is 0 Å². The summed E-state index contributed by atoms with van der Waals surface area (Å²) in [6.45, 7) is 3.74. The topological polar surface area (TPSA) is 101 Å². The van der Waals surface area contributed by atoms with E-state index in [1.807, 2.05) is 0 Å². The van der Waals surface area contributed by atoms with Gasteiger partial charge in [0, 0.05) is 18.2 Å². The number of hydrogen-bond acceptors (Lipinski definition) is 3. The van der Waals surface area contributed by atoms with E-state index in [-0.39, 0.29) is 12.5 Å². The first-order chi connectivity index (χ1) is 9.85. The van der Waals surface area contributed by atoms with E-state index in [1.54, 1.807) is 32.0 Å². The number of carbonyl (C=O) groups excluding carboxylic acids is 2. The highest BCUT2D eigenvalue weighted by Gasteiger charge is 2.18. The van der Waals surface area contributed by atoms with Gasteiger partial charge in [0.15, 0.2) is 0 Å². The Labute approximate surface area is 122 Å². The fraction of sp³-hybridized carbons (Fsp3) is 0.267. The van der Waals surface area contributed by atoms with Crippen LogP contribution in [-0.4, -0.2) is 40.9 Å². The fourth-order valence-corrected chi connectivity index (χ4v) is 1.83. The molecule has 112 valence electrons. The van der Waals surface area contributed by atoms with Gasteiger partial charge in [0.2, 0.25) is 5.91 Å². The van der Waals surface area contributed by atoms with Gasteiger partial charge in [-0.05, 0) is 37.1 Å². The lowest BCUT2D eigenvalue weighted by Gasteiger charge is -2.20. The SMILES string of the molecule is CCN(CC(N)=O)C(=O)c1cc(/C=C/C(=O)O)ccc1C. The molecule has 0 atom stereocenters. The number of likely N-dealkylation sites (N-methyl/N-ethyl adjacent to an activating group) is 1. The van der Waals surface area contributed by atoms with Crippen LogP contribution in [0.3, 0.4) is 0 Å². The maximum absolute atomic E-state index is 12.4. The highest BCUT2D eigenvalue weighted by molar-refractivity contribution is 5.98. The lowest BCUT2D eigenvalue weighted by Crippen LogP contribution is -2.38. The van der Waals surface area contributed by atoms with Crippen molar-refractivity contribution in [2.75, 3.05) is 13.1 Å². The van der Waals surface area contributed by atoms with E-state index in [0.29, 0.717) is 17.7 Å². The number of aliphatic carboxylic acids is 1. The third kappa shape index (κ3) is 4.76. The van der Waals surface area contributed by atoms with Gasteiger partial charge in [-0.2, -0.15) is 0 Å². The summed E-state index contributed by atoms with van der Waals surface area (Å²) in [5, 5.41) is 8.62. The maximum atomic E-state index is 12.4. The van der Waals surface area contributed by atoms with Crippen molar-refractivity contribution in [2.24, 2.45) is 5.73 Å². The molecule has 0 aliphatic carbocycles. The predicted octanol–water partition coefficient (Wildman–Crippen LogP) is 1.04. The zero-order valence-electron chi connectivity index (χ0n) is 12.0. The summed E-state index contributed by atoms with van der Waals surface area (Å²) in [5.41, 5.74) is 6.89. The molecule has 21 heavy (non-hydrogen) atoms. The molecule has 1 aromatic rings. The van der Waals surface area contributed by atoms with Crippen LogP contribution < -0.4 is 5.73 Å². The average molecular weight is 290 g/mol. The van der Waals surface area contributed by atoms with Crippen molar-refractivity contribution in [2.45, 2.75) is 13.8 Å². The van der Waals surface area contributed by atoms with Crippen LogP contribution in [0.15, 0.2) is 24.3 Å². The Hall–Kier alpha value is -2.63. The third-order valence-electron chi connectivity index (χ3n) is 2.93. The molecule has 6 heteroatoms. The van der Waals surface area contributed by atoms with Gasteiger partial charge in [-0.15, -0.1) is 0 Å². The van der Waals surface area contributed by atoms with Crippen LogP contribution >= 0.6 is 0 Å². The summed E-state index contributed by atoms with van der Waals surface area (Å²) >= 11 is 0. The van der Waals surface area contributed by atoms with Gasteiger partial charge < -0.3 is 15.7 Å². The first-order valence-electron chi connectivity index (χ1n) is 6.44. The minimum atomic E-state index is -1.06. The molecule has 1 rings (SSSR count). The van der Waals surface area contributed by atoms with Crippen LogP contribution in [0.25, 0.3) is 6.08 Å². The number of amides is 2. The Kier molecular flexibility index (Phi) is 5.66. The van der Waals surface area contributed by atoms with Crippen LogP contribution in [0.5, 0.6) is 0 Å². The number of carbonyl (C=O) groups is 3. The van der Waals surface area contributed by atoms with Crippen molar-refractivity contribution in [1.29, 1.82) is 0 Å². The number of rotatable bonds is 6. The molecule has 0 radical (unpaired) electrons. The second kappa shape index (κ2) is 7.23.